The maximum Gasteiger partial charge on any atom is 0.175 e. The highest BCUT2D eigenvalue weighted by Crippen LogP contribution is 2.45. The molecule has 1 saturated heterocycles. The fraction of sp³-hybridized carbons (Fsp3) is 0.500. The number of anilines is 1. The molecule has 0 aliphatic carbocycles. The van der Waals surface area contributed by atoms with Gasteiger partial charge in [-0.15, -0.1) is 0 Å². The van der Waals surface area contributed by atoms with Crippen LogP contribution in [0.1, 0.15) is 18.7 Å². The SMILES string of the molecule is C[C@H]1[C@H](O)[C@H](c2ccc3c(N)ncnn23)O[C@@]1(CO)N=[N+]=[N-]. The molecule has 0 spiro atoms. The standard InChI is InChI=1S/C12H15N7O3/c1-6-9(21)10(22-12(6,4-20)17-18-14)7-2-3-8-11(13)15-5-16-19(7)8/h2-3,5-6,9-10,20-21H,4H2,1H3,(H2,13,15,16)/t6-,9-,10-,12+/m0/s1. The number of ether oxygens (including phenoxy) is 1. The molecule has 3 rings (SSSR count). The second-order valence-electron chi connectivity index (χ2n) is 5.21. The molecule has 4 atom stereocenters. The largest absolute Gasteiger partial charge is 0.393 e. The highest BCUT2D eigenvalue weighted by Gasteiger charge is 2.53. The molecular weight excluding hydrogens is 290 g/mol. The van der Waals surface area contributed by atoms with E-state index in [0.717, 1.165) is 0 Å². The Morgan fingerprint density at radius 1 is 1.59 bits per heavy atom. The highest BCUT2D eigenvalue weighted by molar-refractivity contribution is 5.65. The van der Waals surface area contributed by atoms with Crippen LogP contribution in [0.4, 0.5) is 5.82 Å². The topological polar surface area (TPSA) is 155 Å². The highest BCUT2D eigenvalue weighted by atomic mass is 16.6. The van der Waals surface area contributed by atoms with Gasteiger partial charge < -0.3 is 20.7 Å². The first-order valence-electron chi connectivity index (χ1n) is 6.65. The minimum absolute atomic E-state index is 0.297. The number of fused-ring (bicyclic) bond motifs is 1. The van der Waals surface area contributed by atoms with Crippen LogP contribution in [0.25, 0.3) is 16.0 Å². The number of nitrogen functional groups attached to an aromatic ring is 1. The third-order valence-corrected chi connectivity index (χ3v) is 4.11. The summed E-state index contributed by atoms with van der Waals surface area (Å²) in [5.74, 6) is -0.298. The summed E-state index contributed by atoms with van der Waals surface area (Å²) in [6.07, 6.45) is -0.500. The molecule has 0 bridgehead atoms. The van der Waals surface area contributed by atoms with E-state index in [0.29, 0.717) is 17.0 Å². The Labute approximate surface area is 124 Å². The molecule has 0 radical (unpaired) electrons. The summed E-state index contributed by atoms with van der Waals surface area (Å²) < 4.78 is 7.22. The molecule has 0 saturated carbocycles. The Morgan fingerprint density at radius 3 is 3.05 bits per heavy atom. The number of rotatable bonds is 3. The lowest BCUT2D eigenvalue weighted by Gasteiger charge is -2.24. The van der Waals surface area contributed by atoms with E-state index < -0.39 is 30.5 Å². The Bertz CT molecular complexity index is 756. The molecule has 4 N–H and O–H groups in total. The molecule has 0 aromatic carbocycles. The zero-order chi connectivity index (χ0) is 15.9. The van der Waals surface area contributed by atoms with Crippen molar-refractivity contribution in [3.05, 3.63) is 34.6 Å². The molecule has 2 aromatic heterocycles. The number of nitrogens with zero attached hydrogens (tertiary/aromatic N) is 6. The number of azide groups is 1. The minimum atomic E-state index is -1.51. The summed E-state index contributed by atoms with van der Waals surface area (Å²) >= 11 is 0. The summed E-state index contributed by atoms with van der Waals surface area (Å²) in [4.78, 5) is 6.61. The summed E-state index contributed by atoms with van der Waals surface area (Å²) in [5, 5.41) is 27.6. The third-order valence-electron chi connectivity index (χ3n) is 4.11. The van der Waals surface area contributed by atoms with Gasteiger partial charge in [0.25, 0.3) is 0 Å². The van der Waals surface area contributed by atoms with Crippen LogP contribution in [0.2, 0.25) is 0 Å². The number of aliphatic hydroxyl groups excluding tert-OH is 2. The van der Waals surface area contributed by atoms with Crippen molar-refractivity contribution in [3.8, 4) is 0 Å². The van der Waals surface area contributed by atoms with E-state index in [1.807, 2.05) is 0 Å². The minimum Gasteiger partial charge on any atom is -0.393 e. The molecule has 0 unspecified atom stereocenters. The van der Waals surface area contributed by atoms with Crippen LogP contribution in [-0.2, 0) is 4.74 Å². The van der Waals surface area contributed by atoms with Gasteiger partial charge in [0.2, 0.25) is 0 Å². The fourth-order valence-corrected chi connectivity index (χ4v) is 2.75. The van der Waals surface area contributed by atoms with E-state index in [1.165, 1.54) is 10.8 Å². The van der Waals surface area contributed by atoms with Gasteiger partial charge in [-0.05, 0) is 17.7 Å². The van der Waals surface area contributed by atoms with E-state index in [4.69, 9.17) is 16.0 Å². The number of hydrogen-bond donors (Lipinski definition) is 3. The molecule has 1 aliphatic heterocycles. The summed E-state index contributed by atoms with van der Waals surface area (Å²) in [6.45, 7) is 1.11. The number of hydrogen-bond acceptors (Lipinski definition) is 7. The molecule has 0 amide bonds. The Balaban J connectivity index is 2.08. The van der Waals surface area contributed by atoms with Gasteiger partial charge in [-0.3, -0.25) is 0 Å². The summed E-state index contributed by atoms with van der Waals surface area (Å²) in [6, 6.07) is 3.41. The zero-order valence-corrected chi connectivity index (χ0v) is 11.7. The van der Waals surface area contributed by atoms with Gasteiger partial charge in [0.05, 0.1) is 18.4 Å². The molecule has 1 aliphatic rings. The summed E-state index contributed by atoms with van der Waals surface area (Å²) in [5.41, 5.74) is 14.1. The third kappa shape index (κ3) is 1.90. The van der Waals surface area contributed by atoms with E-state index >= 15 is 0 Å². The van der Waals surface area contributed by atoms with Crippen molar-refractivity contribution in [2.75, 3.05) is 12.3 Å². The summed E-state index contributed by atoms with van der Waals surface area (Å²) in [7, 11) is 0. The average molecular weight is 305 g/mol. The van der Waals surface area contributed by atoms with Crippen LogP contribution in [0.5, 0.6) is 0 Å². The molecule has 1 fully saturated rings. The Hall–Kier alpha value is -2.39. The first kappa shape index (κ1) is 14.5. The van der Waals surface area contributed by atoms with Crippen molar-refractivity contribution >= 4 is 11.3 Å². The number of nitrogens with two attached hydrogens (primary N) is 1. The van der Waals surface area contributed by atoms with E-state index in [-0.39, 0.29) is 0 Å². The Morgan fingerprint density at radius 2 is 2.36 bits per heavy atom. The Kier molecular flexibility index (Phi) is 3.38. The molecule has 2 aromatic rings. The number of aromatic nitrogens is 3. The predicted octanol–water partition coefficient (Wildman–Crippen LogP) is 0.379. The maximum atomic E-state index is 10.4. The van der Waals surface area contributed by atoms with Gasteiger partial charge in [-0.1, -0.05) is 12.0 Å². The molecule has 116 valence electrons. The average Bonchev–Trinajstić information content (AvgIpc) is 3.04. The van der Waals surface area contributed by atoms with E-state index in [2.05, 4.69) is 20.1 Å². The number of aliphatic hydroxyl groups is 2. The lowest BCUT2D eigenvalue weighted by atomic mass is 9.93. The van der Waals surface area contributed by atoms with Gasteiger partial charge in [0.15, 0.2) is 11.5 Å². The van der Waals surface area contributed by atoms with Crippen LogP contribution < -0.4 is 5.73 Å². The fourth-order valence-electron chi connectivity index (χ4n) is 2.75. The molecular formula is C12H15N7O3. The van der Waals surface area contributed by atoms with E-state index in [9.17, 15) is 10.2 Å². The van der Waals surface area contributed by atoms with Crippen molar-refractivity contribution in [3.63, 3.8) is 0 Å². The zero-order valence-electron chi connectivity index (χ0n) is 11.7. The van der Waals surface area contributed by atoms with Gasteiger partial charge in [0, 0.05) is 10.8 Å². The molecule has 10 nitrogen and oxygen atoms in total. The second-order valence-corrected chi connectivity index (χ2v) is 5.21. The molecule has 10 heteroatoms. The van der Waals surface area contributed by atoms with Crippen LogP contribution in [-0.4, -0.2) is 43.2 Å². The van der Waals surface area contributed by atoms with Gasteiger partial charge in [-0.2, -0.15) is 5.10 Å². The van der Waals surface area contributed by atoms with Gasteiger partial charge >= 0.3 is 0 Å². The predicted molar refractivity (Wildman–Crippen MR) is 75.4 cm³/mol. The van der Waals surface area contributed by atoms with Crippen molar-refractivity contribution in [2.45, 2.75) is 24.9 Å². The van der Waals surface area contributed by atoms with Crippen molar-refractivity contribution in [1.29, 1.82) is 0 Å². The quantitative estimate of drug-likeness (QED) is 0.423. The van der Waals surface area contributed by atoms with Crippen LogP contribution in [0, 0.1) is 5.92 Å². The van der Waals surface area contributed by atoms with Crippen LogP contribution in [0.15, 0.2) is 23.6 Å². The van der Waals surface area contributed by atoms with Gasteiger partial charge in [-0.25, -0.2) is 9.50 Å². The van der Waals surface area contributed by atoms with Crippen molar-refractivity contribution in [1.82, 2.24) is 14.6 Å². The lowest BCUT2D eigenvalue weighted by Crippen LogP contribution is -2.37. The van der Waals surface area contributed by atoms with Crippen molar-refractivity contribution in [2.24, 2.45) is 11.0 Å². The smallest absolute Gasteiger partial charge is 0.175 e. The normalized spacial score (nSPS) is 31.3. The monoisotopic (exact) mass is 305 g/mol. The van der Waals surface area contributed by atoms with E-state index in [1.54, 1.807) is 19.1 Å². The first-order valence-corrected chi connectivity index (χ1v) is 6.65. The maximum absolute atomic E-state index is 10.4. The van der Waals surface area contributed by atoms with Crippen LogP contribution in [0.3, 0.4) is 0 Å². The van der Waals surface area contributed by atoms with Crippen LogP contribution >= 0.6 is 0 Å². The van der Waals surface area contributed by atoms with Gasteiger partial charge in [0.1, 0.15) is 17.9 Å². The first-order chi connectivity index (χ1) is 10.5. The van der Waals surface area contributed by atoms with Crippen molar-refractivity contribution < 1.29 is 14.9 Å². The molecule has 3 heterocycles. The molecule has 22 heavy (non-hydrogen) atoms. The lowest BCUT2D eigenvalue weighted by molar-refractivity contribution is -0.0882. The second kappa shape index (κ2) is 5.11.